The number of nitrogens with zero attached hydrogens (tertiary/aromatic N) is 1. The van der Waals surface area contributed by atoms with E-state index in [0.717, 1.165) is 4.47 Å². The van der Waals surface area contributed by atoms with Crippen LogP contribution in [0.15, 0.2) is 70.2 Å². The van der Waals surface area contributed by atoms with Gasteiger partial charge in [0.05, 0.1) is 36.6 Å². The van der Waals surface area contributed by atoms with E-state index in [1.807, 2.05) is 0 Å². The molecule has 0 heterocycles. The number of carbonyl (C=O) groups excluding carboxylic acids is 2. The van der Waals surface area contributed by atoms with Crippen LogP contribution in [0, 0.1) is 0 Å². The molecule has 1 amide bonds. The number of hydrogen-bond acceptors (Lipinski definition) is 6. The van der Waals surface area contributed by atoms with E-state index in [9.17, 15) is 9.59 Å². The topological polar surface area (TPSA) is 86.2 Å². The van der Waals surface area contributed by atoms with E-state index in [0.29, 0.717) is 27.6 Å². The smallest absolute Gasteiger partial charge is 0.343 e. The molecule has 3 aromatic rings. The molecule has 0 aliphatic carbocycles. The fraction of sp³-hybridized carbons (Fsp3) is 0.0870. The standard InChI is InChI=1S/C23H18BrClN2O5/c1-30-20-9-7-14(12-21(20)31-2)23(29)32-19-10-8-16(24)11-15(19)13-26-27-22(28)17-5-3-4-6-18(17)25/h3-13H,1-2H3,(H,27,28)/b26-13-. The molecular weight excluding hydrogens is 500 g/mol. The van der Waals surface area contributed by atoms with Gasteiger partial charge >= 0.3 is 5.97 Å². The van der Waals surface area contributed by atoms with Crippen LogP contribution in [-0.2, 0) is 0 Å². The summed E-state index contributed by atoms with van der Waals surface area (Å²) < 4.78 is 16.7. The molecule has 0 bridgehead atoms. The van der Waals surface area contributed by atoms with Gasteiger partial charge in [-0.05, 0) is 48.5 Å². The first-order valence-corrected chi connectivity index (χ1v) is 10.4. The molecule has 164 valence electrons. The van der Waals surface area contributed by atoms with E-state index in [1.54, 1.807) is 54.6 Å². The highest BCUT2D eigenvalue weighted by molar-refractivity contribution is 9.10. The molecule has 0 aromatic heterocycles. The summed E-state index contributed by atoms with van der Waals surface area (Å²) in [6.07, 6.45) is 1.37. The van der Waals surface area contributed by atoms with Crippen LogP contribution < -0.4 is 19.6 Å². The van der Waals surface area contributed by atoms with Crippen LogP contribution in [0.2, 0.25) is 5.02 Å². The summed E-state index contributed by atoms with van der Waals surface area (Å²) in [7, 11) is 2.99. The van der Waals surface area contributed by atoms with Crippen molar-refractivity contribution in [1.82, 2.24) is 5.43 Å². The van der Waals surface area contributed by atoms with Gasteiger partial charge in [-0.25, -0.2) is 10.2 Å². The third kappa shape index (κ3) is 5.66. The zero-order chi connectivity index (χ0) is 23.1. The lowest BCUT2D eigenvalue weighted by molar-refractivity contribution is 0.0733. The number of carbonyl (C=O) groups is 2. The van der Waals surface area contributed by atoms with Crippen LogP contribution in [0.25, 0.3) is 0 Å². The number of esters is 1. The van der Waals surface area contributed by atoms with E-state index < -0.39 is 11.9 Å². The molecule has 0 spiro atoms. The van der Waals surface area contributed by atoms with E-state index in [-0.39, 0.29) is 11.3 Å². The van der Waals surface area contributed by atoms with Crippen LogP contribution in [-0.4, -0.2) is 32.3 Å². The number of nitrogens with one attached hydrogen (secondary N) is 1. The molecule has 32 heavy (non-hydrogen) atoms. The SMILES string of the molecule is COc1ccc(C(=O)Oc2ccc(Br)cc2/C=N\NC(=O)c2ccccc2Cl)cc1OC. The van der Waals surface area contributed by atoms with Crippen LogP contribution in [0.1, 0.15) is 26.3 Å². The maximum Gasteiger partial charge on any atom is 0.343 e. The molecule has 0 atom stereocenters. The summed E-state index contributed by atoms with van der Waals surface area (Å²) in [6, 6.07) is 16.4. The van der Waals surface area contributed by atoms with Crippen molar-refractivity contribution < 1.29 is 23.8 Å². The van der Waals surface area contributed by atoms with Crippen LogP contribution >= 0.6 is 27.5 Å². The highest BCUT2D eigenvalue weighted by atomic mass is 79.9. The molecule has 0 aliphatic heterocycles. The lowest BCUT2D eigenvalue weighted by Crippen LogP contribution is -2.18. The minimum Gasteiger partial charge on any atom is -0.493 e. The van der Waals surface area contributed by atoms with Gasteiger partial charge in [-0.3, -0.25) is 4.79 Å². The van der Waals surface area contributed by atoms with Gasteiger partial charge in [-0.2, -0.15) is 5.10 Å². The minimum atomic E-state index is -0.594. The number of hydrazone groups is 1. The highest BCUT2D eigenvalue weighted by Crippen LogP contribution is 2.29. The van der Waals surface area contributed by atoms with Crippen molar-refractivity contribution in [3.63, 3.8) is 0 Å². The Hall–Kier alpha value is -3.36. The number of amides is 1. The summed E-state index contributed by atoms with van der Waals surface area (Å²) in [5.74, 6) is 0.0917. The van der Waals surface area contributed by atoms with Crippen molar-refractivity contribution in [2.24, 2.45) is 5.10 Å². The normalized spacial score (nSPS) is 10.6. The van der Waals surface area contributed by atoms with Gasteiger partial charge < -0.3 is 14.2 Å². The second kappa shape index (κ2) is 10.8. The quantitative estimate of drug-likeness (QED) is 0.204. The Morgan fingerprint density at radius 3 is 2.41 bits per heavy atom. The molecule has 3 aromatic carbocycles. The molecule has 1 N–H and O–H groups in total. The maximum absolute atomic E-state index is 12.7. The van der Waals surface area contributed by atoms with E-state index in [2.05, 4.69) is 26.5 Å². The molecule has 7 nitrogen and oxygen atoms in total. The predicted molar refractivity (Wildman–Crippen MR) is 125 cm³/mol. The third-order valence-corrected chi connectivity index (χ3v) is 5.10. The van der Waals surface area contributed by atoms with Gasteiger partial charge in [0.15, 0.2) is 11.5 Å². The minimum absolute atomic E-state index is 0.253. The highest BCUT2D eigenvalue weighted by Gasteiger charge is 2.15. The number of benzene rings is 3. The molecule has 0 saturated heterocycles. The number of halogens is 2. The van der Waals surface area contributed by atoms with Crippen molar-refractivity contribution in [3.05, 3.63) is 86.8 Å². The molecule has 3 rings (SSSR count). The fourth-order valence-electron chi connectivity index (χ4n) is 2.70. The van der Waals surface area contributed by atoms with Gasteiger partial charge in [0.2, 0.25) is 0 Å². The average molecular weight is 518 g/mol. The summed E-state index contributed by atoms with van der Waals surface area (Å²) in [5.41, 5.74) is 3.44. The number of rotatable bonds is 7. The summed E-state index contributed by atoms with van der Waals surface area (Å²) >= 11 is 9.40. The Labute approximate surface area is 198 Å². The third-order valence-electron chi connectivity index (χ3n) is 4.28. The van der Waals surface area contributed by atoms with Gasteiger partial charge in [0, 0.05) is 10.0 Å². The Bertz CT molecular complexity index is 1180. The summed E-state index contributed by atoms with van der Waals surface area (Å²) in [6.45, 7) is 0. The number of hydrogen-bond donors (Lipinski definition) is 1. The van der Waals surface area contributed by atoms with Crippen molar-refractivity contribution in [2.45, 2.75) is 0 Å². The molecule has 0 unspecified atom stereocenters. The van der Waals surface area contributed by atoms with Crippen LogP contribution in [0.4, 0.5) is 0 Å². The van der Waals surface area contributed by atoms with Crippen molar-refractivity contribution in [1.29, 1.82) is 0 Å². The average Bonchev–Trinajstić information content (AvgIpc) is 2.80. The molecule has 0 saturated carbocycles. The van der Waals surface area contributed by atoms with Crippen molar-refractivity contribution in [2.75, 3.05) is 14.2 Å². The molecular formula is C23H18BrClN2O5. The van der Waals surface area contributed by atoms with E-state index in [1.165, 1.54) is 26.5 Å². The summed E-state index contributed by atoms with van der Waals surface area (Å²) in [5, 5.41) is 4.27. The van der Waals surface area contributed by atoms with Gasteiger partial charge in [0.25, 0.3) is 5.91 Å². The molecule has 0 radical (unpaired) electrons. The van der Waals surface area contributed by atoms with Gasteiger partial charge in [0.1, 0.15) is 5.75 Å². The monoisotopic (exact) mass is 516 g/mol. The Kier molecular flexibility index (Phi) is 7.86. The lowest BCUT2D eigenvalue weighted by Gasteiger charge is -2.11. The lowest BCUT2D eigenvalue weighted by atomic mass is 10.2. The largest absolute Gasteiger partial charge is 0.493 e. The molecule has 0 aliphatic rings. The van der Waals surface area contributed by atoms with Crippen LogP contribution in [0.5, 0.6) is 17.2 Å². The fourth-order valence-corrected chi connectivity index (χ4v) is 3.30. The van der Waals surface area contributed by atoms with Crippen molar-refractivity contribution in [3.8, 4) is 17.2 Å². The van der Waals surface area contributed by atoms with E-state index >= 15 is 0 Å². The van der Waals surface area contributed by atoms with E-state index in [4.69, 9.17) is 25.8 Å². The Morgan fingerprint density at radius 2 is 1.69 bits per heavy atom. The zero-order valence-corrected chi connectivity index (χ0v) is 19.4. The first-order chi connectivity index (χ1) is 15.4. The summed E-state index contributed by atoms with van der Waals surface area (Å²) in [4.78, 5) is 24.9. The number of methoxy groups -OCH3 is 2. The molecule has 0 fully saturated rings. The van der Waals surface area contributed by atoms with Crippen molar-refractivity contribution >= 4 is 45.6 Å². The second-order valence-corrected chi connectivity index (χ2v) is 7.64. The maximum atomic E-state index is 12.7. The molecule has 9 heteroatoms. The Morgan fingerprint density at radius 1 is 0.969 bits per heavy atom. The first-order valence-electron chi connectivity index (χ1n) is 9.24. The number of ether oxygens (including phenoxy) is 3. The Balaban J connectivity index is 1.78. The second-order valence-electron chi connectivity index (χ2n) is 6.32. The van der Waals surface area contributed by atoms with Gasteiger partial charge in [-0.1, -0.05) is 39.7 Å². The predicted octanol–water partition coefficient (Wildman–Crippen LogP) is 5.10. The first kappa shape index (κ1) is 23.3. The zero-order valence-electron chi connectivity index (χ0n) is 17.1. The van der Waals surface area contributed by atoms with Crippen LogP contribution in [0.3, 0.4) is 0 Å². The van der Waals surface area contributed by atoms with Gasteiger partial charge in [-0.15, -0.1) is 0 Å².